The first kappa shape index (κ1) is 14.9. The summed E-state index contributed by atoms with van der Waals surface area (Å²) in [5.41, 5.74) is 3.29. The van der Waals surface area contributed by atoms with Crippen LogP contribution in [0.3, 0.4) is 0 Å². The average molecular weight is 337 g/mol. The Morgan fingerprint density at radius 2 is 2.00 bits per heavy atom. The summed E-state index contributed by atoms with van der Waals surface area (Å²) >= 11 is 0. The molecule has 0 spiro atoms. The third-order valence-corrected chi connectivity index (χ3v) is 5.54. The predicted molar refractivity (Wildman–Crippen MR) is 94.5 cm³/mol. The van der Waals surface area contributed by atoms with Gasteiger partial charge in [-0.1, -0.05) is 0 Å². The quantitative estimate of drug-likeness (QED) is 0.716. The molecule has 5 rings (SSSR count). The van der Waals surface area contributed by atoms with Crippen LogP contribution in [0.15, 0.2) is 30.9 Å². The molecular formula is C18H23N7. The molecule has 7 nitrogen and oxygen atoms in total. The normalized spacial score (nSPS) is 19.0. The lowest BCUT2D eigenvalue weighted by atomic mass is 9.93. The Bertz CT molecular complexity index is 842. The second kappa shape index (κ2) is 6.13. The summed E-state index contributed by atoms with van der Waals surface area (Å²) in [5, 5.41) is 17.4. The Balaban J connectivity index is 1.29. The molecule has 0 radical (unpaired) electrons. The fraction of sp³-hybridized carbons (Fsp3) is 0.556. The Kier molecular flexibility index (Phi) is 3.64. The molecule has 0 aromatic carbocycles. The Morgan fingerprint density at radius 3 is 2.76 bits per heavy atom. The van der Waals surface area contributed by atoms with Gasteiger partial charge in [-0.3, -0.25) is 4.68 Å². The molecule has 3 aromatic rings. The molecule has 1 aliphatic heterocycles. The number of nitrogens with zero attached hydrogens (tertiary/aromatic N) is 7. The molecule has 4 heterocycles. The van der Waals surface area contributed by atoms with Crippen molar-refractivity contribution in [2.24, 2.45) is 5.92 Å². The van der Waals surface area contributed by atoms with Gasteiger partial charge in [-0.25, -0.2) is 0 Å². The SMILES string of the molecule is c1cnn(CCC2CCN(c3cc(C4CC4)nn4cnnc34)CC2)c1. The van der Waals surface area contributed by atoms with Crippen molar-refractivity contribution in [1.29, 1.82) is 0 Å². The van der Waals surface area contributed by atoms with Crippen molar-refractivity contribution in [3.8, 4) is 0 Å². The first-order valence-corrected chi connectivity index (χ1v) is 9.30. The van der Waals surface area contributed by atoms with Gasteiger partial charge in [-0.15, -0.1) is 10.2 Å². The van der Waals surface area contributed by atoms with Crippen molar-refractivity contribution in [2.75, 3.05) is 18.0 Å². The van der Waals surface area contributed by atoms with Gasteiger partial charge in [0.2, 0.25) is 5.65 Å². The van der Waals surface area contributed by atoms with Crippen molar-refractivity contribution in [1.82, 2.24) is 29.6 Å². The van der Waals surface area contributed by atoms with Crippen molar-refractivity contribution in [3.05, 3.63) is 36.5 Å². The predicted octanol–water partition coefficient (Wildman–Crippen LogP) is 2.50. The fourth-order valence-electron chi connectivity index (χ4n) is 3.85. The van der Waals surface area contributed by atoms with Gasteiger partial charge in [0.05, 0.1) is 11.4 Å². The highest BCUT2D eigenvalue weighted by atomic mass is 15.4. The minimum absolute atomic E-state index is 0.636. The highest BCUT2D eigenvalue weighted by Crippen LogP contribution is 2.40. The van der Waals surface area contributed by atoms with Crippen molar-refractivity contribution in [3.63, 3.8) is 0 Å². The summed E-state index contributed by atoms with van der Waals surface area (Å²) in [6.45, 7) is 3.19. The van der Waals surface area contributed by atoms with E-state index in [0.29, 0.717) is 5.92 Å². The average Bonchev–Trinajstić information content (AvgIpc) is 3.17. The van der Waals surface area contributed by atoms with Crippen molar-refractivity contribution < 1.29 is 0 Å². The van der Waals surface area contributed by atoms with Crippen LogP contribution in [0, 0.1) is 5.92 Å². The largest absolute Gasteiger partial charge is 0.368 e. The maximum absolute atomic E-state index is 4.68. The maximum Gasteiger partial charge on any atom is 0.200 e. The number of aromatic nitrogens is 6. The zero-order valence-electron chi connectivity index (χ0n) is 14.3. The molecule has 0 bridgehead atoms. The van der Waals surface area contributed by atoms with Crippen LogP contribution in [0.2, 0.25) is 0 Å². The van der Waals surface area contributed by atoms with Gasteiger partial charge in [0.15, 0.2) is 0 Å². The Hall–Kier alpha value is -2.44. The van der Waals surface area contributed by atoms with Gasteiger partial charge in [-0.2, -0.15) is 14.7 Å². The van der Waals surface area contributed by atoms with Crippen LogP contribution >= 0.6 is 0 Å². The topological polar surface area (TPSA) is 64.1 Å². The zero-order valence-corrected chi connectivity index (χ0v) is 14.3. The van der Waals surface area contributed by atoms with E-state index in [2.05, 4.69) is 31.4 Å². The Labute approximate surface area is 146 Å². The molecule has 3 aromatic heterocycles. The summed E-state index contributed by atoms with van der Waals surface area (Å²) in [6.07, 6.45) is 11.8. The van der Waals surface area contributed by atoms with Crippen molar-refractivity contribution in [2.45, 2.75) is 44.6 Å². The van der Waals surface area contributed by atoms with Crippen LogP contribution in [-0.2, 0) is 6.54 Å². The maximum atomic E-state index is 4.68. The van der Waals surface area contributed by atoms with Gasteiger partial charge >= 0.3 is 0 Å². The second-order valence-corrected chi connectivity index (χ2v) is 7.32. The molecule has 0 unspecified atom stereocenters. The first-order chi connectivity index (χ1) is 12.4. The van der Waals surface area contributed by atoms with E-state index in [1.165, 1.54) is 43.5 Å². The minimum Gasteiger partial charge on any atom is -0.368 e. The molecule has 2 aliphatic rings. The number of rotatable bonds is 5. The molecule has 0 amide bonds. The summed E-state index contributed by atoms with van der Waals surface area (Å²) in [7, 11) is 0. The van der Waals surface area contributed by atoms with E-state index in [-0.39, 0.29) is 0 Å². The number of hydrogen-bond donors (Lipinski definition) is 0. The molecule has 7 heteroatoms. The summed E-state index contributed by atoms with van der Waals surface area (Å²) in [4.78, 5) is 2.47. The van der Waals surface area contributed by atoms with E-state index in [9.17, 15) is 0 Å². The van der Waals surface area contributed by atoms with Gasteiger partial charge < -0.3 is 4.90 Å². The van der Waals surface area contributed by atoms with Crippen LogP contribution in [0.25, 0.3) is 5.65 Å². The lowest BCUT2D eigenvalue weighted by Crippen LogP contribution is -2.34. The summed E-state index contributed by atoms with van der Waals surface area (Å²) in [6, 6.07) is 4.25. The lowest BCUT2D eigenvalue weighted by molar-refractivity contribution is 0.354. The number of aryl methyl sites for hydroxylation is 1. The van der Waals surface area contributed by atoms with Gasteiger partial charge in [0, 0.05) is 37.9 Å². The van der Waals surface area contributed by atoms with E-state index >= 15 is 0 Å². The third-order valence-electron chi connectivity index (χ3n) is 5.54. The molecule has 0 atom stereocenters. The smallest absolute Gasteiger partial charge is 0.200 e. The van der Waals surface area contributed by atoms with E-state index in [1.807, 2.05) is 27.7 Å². The molecule has 1 aliphatic carbocycles. The van der Waals surface area contributed by atoms with Crippen LogP contribution in [0.5, 0.6) is 0 Å². The van der Waals surface area contributed by atoms with Gasteiger partial charge in [0.25, 0.3) is 0 Å². The summed E-state index contributed by atoms with van der Waals surface area (Å²) in [5.74, 6) is 1.41. The number of hydrogen-bond acceptors (Lipinski definition) is 5. The molecule has 25 heavy (non-hydrogen) atoms. The lowest BCUT2D eigenvalue weighted by Gasteiger charge is -2.33. The zero-order chi connectivity index (χ0) is 16.6. The van der Waals surface area contributed by atoms with Crippen LogP contribution < -0.4 is 4.90 Å². The van der Waals surface area contributed by atoms with E-state index in [1.54, 1.807) is 6.33 Å². The first-order valence-electron chi connectivity index (χ1n) is 9.30. The fourth-order valence-corrected chi connectivity index (χ4v) is 3.85. The number of fused-ring (bicyclic) bond motifs is 1. The van der Waals surface area contributed by atoms with Crippen LogP contribution in [0.1, 0.15) is 43.7 Å². The molecule has 1 saturated heterocycles. The molecule has 2 fully saturated rings. The van der Waals surface area contributed by atoms with E-state index in [4.69, 9.17) is 0 Å². The van der Waals surface area contributed by atoms with Gasteiger partial charge in [-0.05, 0) is 50.2 Å². The minimum atomic E-state index is 0.636. The number of anilines is 1. The third kappa shape index (κ3) is 2.99. The van der Waals surface area contributed by atoms with Gasteiger partial charge in [0.1, 0.15) is 6.33 Å². The van der Waals surface area contributed by atoms with Crippen LogP contribution in [-0.4, -0.2) is 42.7 Å². The standard InChI is InChI=1S/C18H23N7/c1-7-20-24(8-1)11-6-14-4-9-23(10-5-14)17-12-16(15-2-3-15)22-25-13-19-21-18(17)25/h1,7-8,12-15H,2-6,9-11H2. The molecule has 0 N–H and O–H groups in total. The second-order valence-electron chi connectivity index (χ2n) is 7.32. The summed E-state index contributed by atoms with van der Waals surface area (Å²) < 4.78 is 3.89. The highest BCUT2D eigenvalue weighted by molar-refractivity contribution is 5.68. The highest BCUT2D eigenvalue weighted by Gasteiger charge is 2.28. The number of piperidine rings is 1. The Morgan fingerprint density at radius 1 is 1.12 bits per heavy atom. The van der Waals surface area contributed by atoms with E-state index in [0.717, 1.165) is 31.2 Å². The molecular weight excluding hydrogens is 314 g/mol. The van der Waals surface area contributed by atoms with Crippen molar-refractivity contribution >= 4 is 11.3 Å². The van der Waals surface area contributed by atoms with Crippen LogP contribution in [0.4, 0.5) is 5.69 Å². The van der Waals surface area contributed by atoms with E-state index < -0.39 is 0 Å². The monoisotopic (exact) mass is 337 g/mol. The molecule has 130 valence electrons. The molecule has 1 saturated carbocycles.